The summed E-state index contributed by atoms with van der Waals surface area (Å²) in [6.45, 7) is 7.51. The summed E-state index contributed by atoms with van der Waals surface area (Å²) in [5.74, 6) is -2.84. The van der Waals surface area contributed by atoms with Crippen LogP contribution in [0.25, 0.3) is 4.85 Å². The van der Waals surface area contributed by atoms with Crippen molar-refractivity contribution in [3.63, 3.8) is 0 Å². The number of carbonyl (C=O) groups excluding carboxylic acids is 3. The standard InChI is InChI=1S/C15H14N2O4/c1-16-15(14(20)21-3,10-7-5-4-6-8-10)11-9-12(18)17(2)13(11)19/h4-8,11H,9H2,2-3H3/t11-,15+/m0/s1. The number of amides is 2. The van der Waals surface area contributed by atoms with Crippen LogP contribution in [0.15, 0.2) is 30.3 Å². The fourth-order valence-corrected chi connectivity index (χ4v) is 2.58. The maximum absolute atomic E-state index is 12.3. The van der Waals surface area contributed by atoms with Gasteiger partial charge in [-0.05, 0) is 0 Å². The molecular formula is C15H14N2O4. The molecule has 2 amide bonds. The van der Waals surface area contributed by atoms with Crippen LogP contribution >= 0.6 is 0 Å². The molecule has 1 heterocycles. The van der Waals surface area contributed by atoms with Crippen LogP contribution < -0.4 is 0 Å². The summed E-state index contributed by atoms with van der Waals surface area (Å²) in [7, 11) is 2.51. The maximum Gasteiger partial charge on any atom is 0.399 e. The first-order valence-corrected chi connectivity index (χ1v) is 6.32. The minimum atomic E-state index is -1.83. The molecule has 0 aromatic heterocycles. The Kier molecular flexibility index (Phi) is 3.76. The molecule has 1 aromatic rings. The molecule has 1 aliphatic heterocycles. The van der Waals surface area contributed by atoms with Gasteiger partial charge in [0.25, 0.3) is 0 Å². The number of methoxy groups -OCH3 is 1. The van der Waals surface area contributed by atoms with Crippen molar-refractivity contribution >= 4 is 17.8 Å². The summed E-state index contributed by atoms with van der Waals surface area (Å²) in [5.41, 5.74) is -1.47. The molecule has 1 fully saturated rings. The number of likely N-dealkylation sites (tertiary alicyclic amines) is 1. The highest BCUT2D eigenvalue weighted by Gasteiger charge is 2.63. The smallest absolute Gasteiger partial charge is 0.399 e. The monoisotopic (exact) mass is 286 g/mol. The van der Waals surface area contributed by atoms with Crippen molar-refractivity contribution in [3.8, 4) is 0 Å². The Morgan fingerprint density at radius 2 is 2.00 bits per heavy atom. The van der Waals surface area contributed by atoms with Crippen LogP contribution in [0.5, 0.6) is 0 Å². The zero-order chi connectivity index (χ0) is 15.6. The second kappa shape index (κ2) is 5.37. The molecule has 6 nitrogen and oxygen atoms in total. The van der Waals surface area contributed by atoms with Gasteiger partial charge in [-0.2, -0.15) is 0 Å². The van der Waals surface area contributed by atoms with Crippen molar-refractivity contribution in [2.45, 2.75) is 12.0 Å². The Hall–Kier alpha value is -2.68. The first-order valence-electron chi connectivity index (χ1n) is 6.32. The lowest BCUT2D eigenvalue weighted by Crippen LogP contribution is -2.44. The highest BCUT2D eigenvalue weighted by Crippen LogP contribution is 2.41. The number of hydrogen-bond acceptors (Lipinski definition) is 4. The third-order valence-electron chi connectivity index (χ3n) is 3.77. The summed E-state index contributed by atoms with van der Waals surface area (Å²) in [6.07, 6.45) is -0.179. The molecule has 0 saturated carbocycles. The lowest BCUT2D eigenvalue weighted by molar-refractivity contribution is -0.151. The van der Waals surface area contributed by atoms with Crippen LogP contribution in [0, 0.1) is 12.5 Å². The average molecular weight is 286 g/mol. The van der Waals surface area contributed by atoms with E-state index >= 15 is 0 Å². The minimum absolute atomic E-state index is 0.179. The van der Waals surface area contributed by atoms with Gasteiger partial charge in [0.05, 0.1) is 7.11 Å². The molecule has 1 saturated heterocycles. The topological polar surface area (TPSA) is 68.0 Å². The zero-order valence-corrected chi connectivity index (χ0v) is 11.7. The molecule has 108 valence electrons. The summed E-state index contributed by atoms with van der Waals surface area (Å²) in [6, 6.07) is 8.26. The third kappa shape index (κ3) is 2.07. The normalized spacial score (nSPS) is 20.8. The Labute approximate surface area is 122 Å². The van der Waals surface area contributed by atoms with E-state index in [0.717, 1.165) is 12.0 Å². The first-order chi connectivity index (χ1) is 9.98. The predicted molar refractivity (Wildman–Crippen MR) is 72.6 cm³/mol. The van der Waals surface area contributed by atoms with E-state index in [1.54, 1.807) is 30.3 Å². The van der Waals surface area contributed by atoms with Crippen LogP contribution in [0.2, 0.25) is 0 Å². The quantitative estimate of drug-likeness (QED) is 0.472. The Morgan fingerprint density at radius 1 is 1.38 bits per heavy atom. The van der Waals surface area contributed by atoms with Gasteiger partial charge in [0.15, 0.2) is 0 Å². The zero-order valence-electron chi connectivity index (χ0n) is 11.7. The van der Waals surface area contributed by atoms with E-state index in [0.29, 0.717) is 5.56 Å². The van der Waals surface area contributed by atoms with Crippen LogP contribution in [0.3, 0.4) is 0 Å². The largest absolute Gasteiger partial charge is 0.463 e. The maximum atomic E-state index is 12.3. The highest BCUT2D eigenvalue weighted by molar-refractivity contribution is 6.07. The number of carbonyl (C=O) groups is 3. The second-order valence-corrected chi connectivity index (χ2v) is 4.78. The van der Waals surface area contributed by atoms with Gasteiger partial charge in [-0.15, -0.1) is 0 Å². The van der Waals surface area contributed by atoms with Gasteiger partial charge < -0.3 is 4.74 Å². The van der Waals surface area contributed by atoms with Gasteiger partial charge in [0, 0.05) is 19.0 Å². The summed E-state index contributed by atoms with van der Waals surface area (Å²) >= 11 is 0. The molecule has 0 bridgehead atoms. The second-order valence-electron chi connectivity index (χ2n) is 4.78. The highest BCUT2D eigenvalue weighted by atomic mass is 16.5. The molecule has 0 aliphatic carbocycles. The van der Waals surface area contributed by atoms with E-state index in [-0.39, 0.29) is 6.42 Å². The number of nitrogens with zero attached hydrogens (tertiary/aromatic N) is 2. The van der Waals surface area contributed by atoms with Crippen molar-refractivity contribution in [1.82, 2.24) is 4.90 Å². The van der Waals surface area contributed by atoms with E-state index in [1.807, 2.05) is 0 Å². The van der Waals surface area contributed by atoms with Gasteiger partial charge in [0.2, 0.25) is 11.8 Å². The molecule has 21 heavy (non-hydrogen) atoms. The fourth-order valence-electron chi connectivity index (χ4n) is 2.58. The first kappa shape index (κ1) is 14.7. The molecule has 0 unspecified atom stereocenters. The van der Waals surface area contributed by atoms with E-state index in [1.165, 1.54) is 7.05 Å². The molecule has 6 heteroatoms. The fraction of sp³-hybridized carbons (Fsp3) is 0.333. The van der Waals surface area contributed by atoms with Crippen molar-refractivity contribution in [2.75, 3.05) is 14.2 Å². The van der Waals surface area contributed by atoms with Gasteiger partial charge in [-0.25, -0.2) is 11.4 Å². The summed E-state index contributed by atoms with van der Waals surface area (Å²) < 4.78 is 4.76. The molecular weight excluding hydrogens is 272 g/mol. The number of benzene rings is 1. The third-order valence-corrected chi connectivity index (χ3v) is 3.77. The molecule has 1 aliphatic rings. The van der Waals surface area contributed by atoms with E-state index in [2.05, 4.69) is 4.85 Å². The lowest BCUT2D eigenvalue weighted by atomic mass is 9.77. The average Bonchev–Trinajstić information content (AvgIpc) is 2.77. The van der Waals surface area contributed by atoms with Crippen LogP contribution in [-0.4, -0.2) is 36.8 Å². The number of imide groups is 1. The van der Waals surface area contributed by atoms with Crippen LogP contribution in [-0.2, 0) is 24.7 Å². The molecule has 0 spiro atoms. The van der Waals surface area contributed by atoms with Crippen molar-refractivity contribution in [2.24, 2.45) is 5.92 Å². The molecule has 1 aromatic carbocycles. The minimum Gasteiger partial charge on any atom is -0.463 e. The lowest BCUT2D eigenvalue weighted by Gasteiger charge is -2.23. The van der Waals surface area contributed by atoms with Crippen molar-refractivity contribution in [1.29, 1.82) is 0 Å². The van der Waals surface area contributed by atoms with E-state index < -0.39 is 29.2 Å². The molecule has 2 rings (SSSR count). The van der Waals surface area contributed by atoms with Gasteiger partial charge >= 0.3 is 11.5 Å². The van der Waals surface area contributed by atoms with Gasteiger partial charge in [-0.1, -0.05) is 30.3 Å². The molecule has 0 radical (unpaired) electrons. The molecule has 0 N–H and O–H groups in total. The van der Waals surface area contributed by atoms with Gasteiger partial charge in [0.1, 0.15) is 5.92 Å². The van der Waals surface area contributed by atoms with Crippen molar-refractivity contribution < 1.29 is 19.1 Å². The van der Waals surface area contributed by atoms with Gasteiger partial charge in [-0.3, -0.25) is 19.3 Å². The number of hydrogen-bond donors (Lipinski definition) is 0. The number of ether oxygens (including phenoxy) is 1. The van der Waals surface area contributed by atoms with Crippen molar-refractivity contribution in [3.05, 3.63) is 47.3 Å². The van der Waals surface area contributed by atoms with Crippen LogP contribution in [0.1, 0.15) is 12.0 Å². The Balaban J connectivity index is 2.63. The summed E-state index contributed by atoms with van der Waals surface area (Å²) in [5, 5.41) is 0. The number of esters is 1. The van der Waals surface area contributed by atoms with E-state index in [4.69, 9.17) is 11.3 Å². The Bertz CT molecular complexity index is 635. The number of rotatable bonds is 3. The van der Waals surface area contributed by atoms with E-state index in [9.17, 15) is 14.4 Å². The molecule has 2 atom stereocenters. The summed E-state index contributed by atoms with van der Waals surface area (Å²) in [4.78, 5) is 40.7. The predicted octanol–water partition coefficient (Wildman–Crippen LogP) is 0.979. The Morgan fingerprint density at radius 3 is 2.43 bits per heavy atom. The van der Waals surface area contributed by atoms with Crippen LogP contribution in [0.4, 0.5) is 0 Å². The SMILES string of the molecule is [C-]#[N+][C@](C(=O)OC)(c1ccccc1)[C@H]1CC(=O)N(C)C1=O.